The van der Waals surface area contributed by atoms with E-state index in [1.807, 2.05) is 19.1 Å². The Morgan fingerprint density at radius 3 is 2.23 bits per heavy atom. The fraction of sp³-hybridized carbons (Fsp3) is 0.263. The number of sulfone groups is 1. The first kappa shape index (κ1) is 18.4. The molecule has 0 amide bonds. The highest BCUT2D eigenvalue weighted by Gasteiger charge is 2.77. The Labute approximate surface area is 156 Å². The smallest absolute Gasteiger partial charge is 0.326 e. The maximum Gasteiger partial charge on any atom is 0.326 e. The van der Waals surface area contributed by atoms with Crippen LogP contribution in [0.5, 0.6) is 0 Å². The molecule has 3 rings (SSSR count). The molecule has 1 saturated carbocycles. The van der Waals surface area contributed by atoms with Crippen molar-refractivity contribution in [2.45, 2.75) is 29.4 Å². The summed E-state index contributed by atoms with van der Waals surface area (Å²) >= 11 is 5.80. The maximum absolute atomic E-state index is 13.0. The first-order chi connectivity index (χ1) is 12.3. The first-order valence-corrected chi connectivity index (χ1v) is 9.94. The quantitative estimate of drug-likeness (QED) is 0.845. The number of benzene rings is 2. The Bertz CT molecular complexity index is 993. The average molecular weight is 390 g/mol. The molecule has 5 nitrogen and oxygen atoms in total. The van der Waals surface area contributed by atoms with Gasteiger partial charge in [0, 0.05) is 10.9 Å². The van der Waals surface area contributed by atoms with Crippen molar-refractivity contribution in [1.29, 1.82) is 5.26 Å². The summed E-state index contributed by atoms with van der Waals surface area (Å²) in [6, 6.07) is 14.3. The fourth-order valence-electron chi connectivity index (χ4n) is 3.38. The standard InChI is InChI=1S/C19H16ClNO4S/c1-2-12-3-5-13(6-4-12)16-17(19(16,11-21)18(22)23)26(24,25)15-9-7-14(20)8-10-15/h3-10,16-17H,2H2,1H3,(H,22,23)/t16-,17-,19-/m0/s1. The molecule has 0 spiro atoms. The monoisotopic (exact) mass is 389 g/mol. The molecular formula is C19H16ClNO4S. The third-order valence-corrected chi connectivity index (χ3v) is 7.39. The van der Waals surface area contributed by atoms with Crippen LogP contribution in [0.3, 0.4) is 0 Å². The minimum Gasteiger partial charge on any atom is -0.480 e. The Morgan fingerprint density at radius 1 is 1.19 bits per heavy atom. The molecule has 2 aromatic rings. The van der Waals surface area contributed by atoms with E-state index in [0.29, 0.717) is 10.6 Å². The first-order valence-electron chi connectivity index (χ1n) is 8.02. The zero-order chi connectivity index (χ0) is 19.1. The zero-order valence-corrected chi connectivity index (χ0v) is 15.5. The lowest BCUT2D eigenvalue weighted by Crippen LogP contribution is -2.22. The Balaban J connectivity index is 2.10. The lowest BCUT2D eigenvalue weighted by molar-refractivity contribution is -0.141. The van der Waals surface area contributed by atoms with E-state index >= 15 is 0 Å². The SMILES string of the molecule is CCc1ccc([C@H]2[C@H](S(=O)(=O)c3ccc(Cl)cc3)[C@@]2(C#N)C(=O)O)cc1. The second-order valence-electron chi connectivity index (χ2n) is 6.28. The number of carbonyl (C=O) groups is 1. The summed E-state index contributed by atoms with van der Waals surface area (Å²) in [5.74, 6) is -2.34. The fourth-order valence-corrected chi connectivity index (χ4v) is 5.76. The minimum absolute atomic E-state index is 0.0412. The number of aryl methyl sites for hydroxylation is 1. The van der Waals surface area contributed by atoms with E-state index in [-0.39, 0.29) is 4.90 Å². The van der Waals surface area contributed by atoms with Gasteiger partial charge in [-0.15, -0.1) is 0 Å². The molecule has 0 radical (unpaired) electrons. The highest BCUT2D eigenvalue weighted by Crippen LogP contribution is 2.64. The van der Waals surface area contributed by atoms with Gasteiger partial charge in [0.1, 0.15) is 5.25 Å². The van der Waals surface area contributed by atoms with E-state index in [0.717, 1.165) is 12.0 Å². The number of nitrogens with zero attached hydrogens (tertiary/aromatic N) is 1. The van der Waals surface area contributed by atoms with Crippen LogP contribution in [-0.4, -0.2) is 24.7 Å². The van der Waals surface area contributed by atoms with E-state index in [1.54, 1.807) is 18.2 Å². The summed E-state index contributed by atoms with van der Waals surface area (Å²) in [5.41, 5.74) is -0.412. The third-order valence-electron chi connectivity index (χ3n) is 4.90. The third kappa shape index (κ3) is 2.68. The van der Waals surface area contributed by atoms with Crippen molar-refractivity contribution in [3.05, 3.63) is 64.7 Å². The maximum atomic E-state index is 13.0. The van der Waals surface area contributed by atoms with Crippen LogP contribution in [0.15, 0.2) is 53.4 Å². The van der Waals surface area contributed by atoms with Gasteiger partial charge in [0.15, 0.2) is 15.3 Å². The van der Waals surface area contributed by atoms with Gasteiger partial charge >= 0.3 is 5.97 Å². The number of hydrogen-bond acceptors (Lipinski definition) is 4. The number of nitriles is 1. The highest BCUT2D eigenvalue weighted by molar-refractivity contribution is 7.92. The topological polar surface area (TPSA) is 95.2 Å². The normalized spacial score (nSPS) is 24.7. The number of rotatable bonds is 5. The summed E-state index contributed by atoms with van der Waals surface area (Å²) in [7, 11) is -4.02. The molecule has 0 heterocycles. The van der Waals surface area contributed by atoms with Crippen LogP contribution in [0.1, 0.15) is 24.0 Å². The molecule has 1 fully saturated rings. The van der Waals surface area contributed by atoms with Gasteiger partial charge in [-0.25, -0.2) is 8.42 Å². The van der Waals surface area contributed by atoms with E-state index < -0.39 is 32.4 Å². The van der Waals surface area contributed by atoms with Crippen LogP contribution >= 0.6 is 11.6 Å². The number of carboxylic acid groups (broad SMARTS) is 1. The second kappa shape index (κ2) is 6.42. The van der Waals surface area contributed by atoms with Gasteiger partial charge in [-0.05, 0) is 41.8 Å². The van der Waals surface area contributed by atoms with Crippen molar-refractivity contribution < 1.29 is 18.3 Å². The molecule has 0 saturated heterocycles. The van der Waals surface area contributed by atoms with Gasteiger partial charge in [0.25, 0.3) is 0 Å². The van der Waals surface area contributed by atoms with Crippen molar-refractivity contribution in [2.75, 3.05) is 0 Å². The molecule has 134 valence electrons. The van der Waals surface area contributed by atoms with Crippen molar-refractivity contribution in [3.8, 4) is 6.07 Å². The van der Waals surface area contributed by atoms with Crippen LogP contribution in [-0.2, 0) is 21.1 Å². The predicted molar refractivity (Wildman–Crippen MR) is 96.7 cm³/mol. The zero-order valence-electron chi connectivity index (χ0n) is 13.9. The summed E-state index contributed by atoms with van der Waals surface area (Å²) in [6.07, 6.45) is 0.805. The number of aliphatic carboxylic acids is 1. The minimum atomic E-state index is -4.02. The average Bonchev–Trinajstić information content (AvgIpc) is 3.34. The van der Waals surface area contributed by atoms with Gasteiger partial charge in [-0.3, -0.25) is 4.79 Å². The molecule has 0 aliphatic heterocycles. The van der Waals surface area contributed by atoms with Gasteiger partial charge in [0.2, 0.25) is 0 Å². The van der Waals surface area contributed by atoms with Gasteiger partial charge in [-0.2, -0.15) is 5.26 Å². The second-order valence-corrected chi connectivity index (χ2v) is 8.78. The van der Waals surface area contributed by atoms with E-state index in [4.69, 9.17) is 11.6 Å². The summed E-state index contributed by atoms with van der Waals surface area (Å²) in [6.45, 7) is 1.98. The van der Waals surface area contributed by atoms with E-state index in [1.165, 1.54) is 24.3 Å². The van der Waals surface area contributed by atoms with Crippen molar-refractivity contribution in [3.63, 3.8) is 0 Å². The molecular weight excluding hydrogens is 374 g/mol. The van der Waals surface area contributed by atoms with Crippen molar-refractivity contribution >= 4 is 27.4 Å². The summed E-state index contributed by atoms with van der Waals surface area (Å²) in [4.78, 5) is 11.8. The van der Waals surface area contributed by atoms with Gasteiger partial charge in [-0.1, -0.05) is 42.8 Å². The lowest BCUT2D eigenvalue weighted by Gasteiger charge is -2.05. The molecule has 1 aliphatic rings. The van der Waals surface area contributed by atoms with Crippen molar-refractivity contribution in [1.82, 2.24) is 0 Å². The largest absolute Gasteiger partial charge is 0.480 e. The van der Waals surface area contributed by atoms with E-state index in [2.05, 4.69) is 0 Å². The van der Waals surface area contributed by atoms with Crippen LogP contribution in [0.25, 0.3) is 0 Å². The van der Waals surface area contributed by atoms with Crippen LogP contribution < -0.4 is 0 Å². The molecule has 0 aromatic heterocycles. The molecule has 1 N–H and O–H groups in total. The van der Waals surface area contributed by atoms with E-state index in [9.17, 15) is 23.6 Å². The van der Waals surface area contributed by atoms with Crippen LogP contribution in [0.4, 0.5) is 0 Å². The van der Waals surface area contributed by atoms with Crippen LogP contribution in [0, 0.1) is 16.7 Å². The molecule has 7 heteroatoms. The Hall–Kier alpha value is -2.36. The highest BCUT2D eigenvalue weighted by atomic mass is 35.5. The van der Waals surface area contributed by atoms with Crippen molar-refractivity contribution in [2.24, 2.45) is 5.41 Å². The Kier molecular flexibility index (Phi) is 4.55. The Morgan fingerprint density at radius 2 is 1.77 bits per heavy atom. The molecule has 0 unspecified atom stereocenters. The summed E-state index contributed by atoms with van der Waals surface area (Å²) < 4.78 is 26.1. The van der Waals surface area contributed by atoms with Gasteiger partial charge < -0.3 is 5.11 Å². The lowest BCUT2D eigenvalue weighted by atomic mass is 9.99. The molecule has 2 aromatic carbocycles. The van der Waals surface area contributed by atoms with Crippen LogP contribution in [0.2, 0.25) is 5.02 Å². The predicted octanol–water partition coefficient (Wildman–Crippen LogP) is 3.44. The van der Waals surface area contributed by atoms with Gasteiger partial charge in [0.05, 0.1) is 11.0 Å². The molecule has 3 atom stereocenters. The number of halogens is 1. The number of hydrogen-bond donors (Lipinski definition) is 1. The number of carboxylic acids is 1. The molecule has 1 aliphatic carbocycles. The molecule has 0 bridgehead atoms. The molecule has 26 heavy (non-hydrogen) atoms. The summed E-state index contributed by atoms with van der Waals surface area (Å²) in [5, 5.41) is 18.3.